The van der Waals surface area contributed by atoms with E-state index in [-0.39, 0.29) is 0 Å². The van der Waals surface area contributed by atoms with Crippen molar-refractivity contribution in [2.45, 2.75) is 12.8 Å². The van der Waals surface area contributed by atoms with Crippen LogP contribution >= 0.6 is 0 Å². The third-order valence-corrected chi connectivity index (χ3v) is 1.14. The molecule has 1 fully saturated rings. The molecule has 0 bridgehead atoms. The van der Waals surface area contributed by atoms with Crippen molar-refractivity contribution in [2.24, 2.45) is 5.84 Å². The lowest BCUT2D eigenvalue weighted by Crippen LogP contribution is -2.33. The quantitative estimate of drug-likeness (QED) is 0.321. The van der Waals surface area contributed by atoms with Gasteiger partial charge in [0.25, 0.3) is 0 Å². The Morgan fingerprint density at radius 2 is 1.67 bits per heavy atom. The Bertz CT molecular complexity index is 38.8. The van der Waals surface area contributed by atoms with E-state index in [9.17, 15) is 0 Å². The van der Waals surface area contributed by atoms with Crippen LogP contribution in [0.5, 0.6) is 0 Å². The van der Waals surface area contributed by atoms with Crippen molar-refractivity contribution in [3.63, 3.8) is 0 Å². The van der Waals surface area contributed by atoms with Crippen molar-refractivity contribution in [2.75, 3.05) is 13.1 Å². The monoisotopic (exact) mass is 86.1 g/mol. The fraction of sp³-hybridized carbons (Fsp3) is 1.00. The van der Waals surface area contributed by atoms with Gasteiger partial charge in [0.15, 0.2) is 0 Å². The summed E-state index contributed by atoms with van der Waals surface area (Å²) in [6.45, 7) is 2.19. The minimum atomic E-state index is 1.10. The molecular formula is C4H10N2+. The highest BCUT2D eigenvalue weighted by molar-refractivity contribution is 4.62. The topological polar surface area (TPSA) is 31.9 Å². The Morgan fingerprint density at radius 3 is 1.83 bits per heavy atom. The zero-order chi connectivity index (χ0) is 4.41. The highest BCUT2D eigenvalue weighted by atomic mass is 15.4. The van der Waals surface area contributed by atoms with Gasteiger partial charge in [0.05, 0.1) is 0 Å². The van der Waals surface area contributed by atoms with Gasteiger partial charge in [-0.25, -0.2) is 0 Å². The molecule has 6 heavy (non-hydrogen) atoms. The van der Waals surface area contributed by atoms with Gasteiger partial charge in [0.2, 0.25) is 0 Å². The second-order valence-corrected chi connectivity index (χ2v) is 1.74. The predicted molar refractivity (Wildman–Crippen MR) is 25.3 cm³/mol. The van der Waals surface area contributed by atoms with Crippen LogP contribution in [0.3, 0.4) is 0 Å². The summed E-state index contributed by atoms with van der Waals surface area (Å²) in [5.41, 5.74) is 0. The summed E-state index contributed by atoms with van der Waals surface area (Å²) in [4.78, 5) is 0. The molecule has 0 aromatic rings. The van der Waals surface area contributed by atoms with Crippen LogP contribution in [0, 0.1) is 0 Å². The molecule has 2 nitrogen and oxygen atoms in total. The summed E-state index contributed by atoms with van der Waals surface area (Å²) in [5, 5.41) is 1.86. The van der Waals surface area contributed by atoms with E-state index in [4.69, 9.17) is 5.84 Å². The van der Waals surface area contributed by atoms with E-state index >= 15 is 0 Å². The summed E-state index contributed by atoms with van der Waals surface area (Å²) in [7, 11) is 0. The molecule has 35 valence electrons. The highest BCUT2D eigenvalue weighted by Gasteiger charge is 2.15. The molecule has 0 unspecified atom stereocenters. The van der Waals surface area contributed by atoms with Crippen LogP contribution in [0.2, 0.25) is 0 Å². The molecule has 2 heteroatoms. The molecule has 1 saturated heterocycles. The van der Waals surface area contributed by atoms with Gasteiger partial charge in [0.1, 0.15) is 13.1 Å². The SMILES string of the molecule is N[N+]1CCCC1. The summed E-state index contributed by atoms with van der Waals surface area (Å²) >= 11 is 0. The van der Waals surface area contributed by atoms with E-state index in [2.05, 4.69) is 0 Å². The Hall–Kier alpha value is -0.0800. The largest absolute Gasteiger partial charge is 0.144 e. The highest BCUT2D eigenvalue weighted by Crippen LogP contribution is 1.97. The summed E-state index contributed by atoms with van der Waals surface area (Å²) in [5.74, 6) is 5.37. The molecule has 0 aliphatic carbocycles. The van der Waals surface area contributed by atoms with Gasteiger partial charge in [0, 0.05) is 12.8 Å². The third kappa shape index (κ3) is 0.698. The summed E-state index contributed by atoms with van der Waals surface area (Å²) < 4.78 is 0. The summed E-state index contributed by atoms with van der Waals surface area (Å²) in [6, 6.07) is 0. The molecule has 0 aromatic carbocycles. The van der Waals surface area contributed by atoms with Gasteiger partial charge >= 0.3 is 0 Å². The number of hydrogen-bond acceptors (Lipinski definition) is 2. The third-order valence-electron chi connectivity index (χ3n) is 1.14. The second-order valence-electron chi connectivity index (χ2n) is 1.74. The van der Waals surface area contributed by atoms with E-state index in [1.165, 1.54) is 12.8 Å². The van der Waals surface area contributed by atoms with E-state index < -0.39 is 0 Å². The lowest BCUT2D eigenvalue weighted by Gasteiger charge is -1.86. The van der Waals surface area contributed by atoms with Crippen molar-refractivity contribution in [1.82, 2.24) is 5.01 Å². The Balaban J connectivity index is 2.18. The van der Waals surface area contributed by atoms with Crippen LogP contribution < -0.4 is 10.9 Å². The number of nitrogens with two attached hydrogens (primary N) is 1. The molecule has 0 saturated carbocycles. The first-order chi connectivity index (χ1) is 2.89. The van der Waals surface area contributed by atoms with Gasteiger partial charge < -0.3 is 0 Å². The predicted octanol–water partition coefficient (Wildman–Crippen LogP) is -0.206. The van der Waals surface area contributed by atoms with E-state index in [1.54, 1.807) is 0 Å². The fourth-order valence-corrected chi connectivity index (χ4v) is 0.742. The minimum Gasteiger partial charge on any atom is -0.131 e. The second kappa shape index (κ2) is 1.58. The minimum absolute atomic E-state index is 1.10. The molecule has 1 rings (SSSR count). The number of hydrazine groups is 1. The van der Waals surface area contributed by atoms with Gasteiger partial charge in [-0.05, 0) is 0 Å². The number of hydrogen-bond donors (Lipinski definition) is 1. The van der Waals surface area contributed by atoms with E-state index in [0.717, 1.165) is 13.1 Å². The fourth-order valence-electron chi connectivity index (χ4n) is 0.742. The molecule has 1 heterocycles. The van der Waals surface area contributed by atoms with Crippen molar-refractivity contribution in [1.29, 1.82) is 0 Å². The number of rotatable bonds is 0. The Morgan fingerprint density at radius 1 is 1.17 bits per heavy atom. The average molecular weight is 86.1 g/mol. The van der Waals surface area contributed by atoms with Crippen molar-refractivity contribution in [3.05, 3.63) is 0 Å². The average Bonchev–Trinajstić information content (AvgIpc) is 1.86. The molecule has 1 radical (unpaired) electrons. The van der Waals surface area contributed by atoms with Crippen LogP contribution in [0.4, 0.5) is 0 Å². The molecule has 1 aliphatic rings. The smallest absolute Gasteiger partial charge is 0.131 e. The van der Waals surface area contributed by atoms with Crippen LogP contribution in [-0.2, 0) is 0 Å². The standard InChI is InChI=1S/C4H10N2/c5-6-3-1-2-4-6/h1-5H2/q+1. The van der Waals surface area contributed by atoms with Gasteiger partial charge in [-0.2, -0.15) is 0 Å². The van der Waals surface area contributed by atoms with Crippen molar-refractivity contribution >= 4 is 0 Å². The molecule has 0 atom stereocenters. The van der Waals surface area contributed by atoms with Gasteiger partial charge in [-0.1, -0.05) is 5.01 Å². The maximum Gasteiger partial charge on any atom is 0.144 e. The van der Waals surface area contributed by atoms with Gasteiger partial charge in [-0.15, -0.1) is 5.84 Å². The van der Waals surface area contributed by atoms with Crippen LogP contribution in [-0.4, -0.2) is 13.1 Å². The molecule has 0 aromatic heterocycles. The lowest BCUT2D eigenvalue weighted by atomic mass is 10.4. The zero-order valence-corrected chi connectivity index (χ0v) is 3.85. The maximum absolute atomic E-state index is 5.37. The van der Waals surface area contributed by atoms with Gasteiger partial charge in [-0.3, -0.25) is 0 Å². The van der Waals surface area contributed by atoms with Crippen LogP contribution in [0.1, 0.15) is 12.8 Å². The lowest BCUT2D eigenvalue weighted by molar-refractivity contribution is 0.514. The molecular weight excluding hydrogens is 76.1 g/mol. The van der Waals surface area contributed by atoms with Crippen molar-refractivity contribution in [3.8, 4) is 0 Å². The first-order valence-corrected chi connectivity index (χ1v) is 2.39. The number of nitrogens with zero attached hydrogens (tertiary/aromatic N) is 1. The molecule has 0 amide bonds. The first kappa shape index (κ1) is 4.09. The van der Waals surface area contributed by atoms with Crippen molar-refractivity contribution < 1.29 is 0 Å². The Labute approximate surface area is 37.9 Å². The molecule has 0 spiro atoms. The van der Waals surface area contributed by atoms with Crippen LogP contribution in [0.25, 0.3) is 0 Å². The maximum atomic E-state index is 5.37. The zero-order valence-electron chi connectivity index (χ0n) is 3.85. The normalized spacial score (nSPS) is 25.5. The van der Waals surface area contributed by atoms with Crippen LogP contribution in [0.15, 0.2) is 0 Å². The Kier molecular flexibility index (Phi) is 1.08. The van der Waals surface area contributed by atoms with E-state index in [0.29, 0.717) is 0 Å². The van der Waals surface area contributed by atoms with E-state index in [1.807, 2.05) is 5.01 Å². The molecule has 1 aliphatic heterocycles. The summed E-state index contributed by atoms with van der Waals surface area (Å²) in [6.07, 6.45) is 2.58. The molecule has 2 N–H and O–H groups in total. The first-order valence-electron chi connectivity index (χ1n) is 2.39.